The molecule has 2 aromatic carbocycles. The number of thiophene rings is 1. The number of hydrogen-bond acceptors (Lipinski definition) is 6. The van der Waals surface area contributed by atoms with Crippen molar-refractivity contribution in [2.24, 2.45) is 0 Å². The van der Waals surface area contributed by atoms with Crippen LogP contribution in [-0.4, -0.2) is 34.1 Å². The Morgan fingerprint density at radius 2 is 1.93 bits per heavy atom. The first-order valence-electron chi connectivity index (χ1n) is 9.28. The monoisotopic (exact) mass is 406 g/mol. The van der Waals surface area contributed by atoms with E-state index in [0.29, 0.717) is 31.3 Å². The number of benzene rings is 2. The van der Waals surface area contributed by atoms with Gasteiger partial charge in [0.1, 0.15) is 25.3 Å². The molecule has 0 radical (unpaired) electrons. The predicted octanol–water partition coefficient (Wildman–Crippen LogP) is 3.50. The first-order valence-corrected chi connectivity index (χ1v) is 10.2. The topological polar surface area (TPSA) is 69.5 Å². The molecule has 0 fully saturated rings. The van der Waals surface area contributed by atoms with Crippen LogP contribution in [0.5, 0.6) is 11.5 Å². The SMILES string of the molecule is O=C(Cn1nnc2ccccc21)N(Cc1cccs1)c1ccc2c(c1)OCCO2. The van der Waals surface area contributed by atoms with Gasteiger partial charge in [0, 0.05) is 16.6 Å². The fourth-order valence-electron chi connectivity index (χ4n) is 3.33. The molecule has 0 unspecified atom stereocenters. The van der Waals surface area contributed by atoms with E-state index in [0.717, 1.165) is 21.6 Å². The molecule has 0 saturated heterocycles. The fourth-order valence-corrected chi connectivity index (χ4v) is 4.02. The minimum atomic E-state index is -0.0780. The van der Waals surface area contributed by atoms with E-state index < -0.39 is 0 Å². The third-order valence-corrected chi connectivity index (χ3v) is 5.60. The zero-order valence-electron chi connectivity index (χ0n) is 15.5. The van der Waals surface area contributed by atoms with Crippen LogP contribution in [0.15, 0.2) is 60.0 Å². The smallest absolute Gasteiger partial charge is 0.249 e. The van der Waals surface area contributed by atoms with E-state index >= 15 is 0 Å². The summed E-state index contributed by atoms with van der Waals surface area (Å²) in [4.78, 5) is 16.2. The Bertz CT molecular complexity index is 1160. The summed E-state index contributed by atoms with van der Waals surface area (Å²) in [6, 6.07) is 17.2. The Balaban J connectivity index is 1.47. The summed E-state index contributed by atoms with van der Waals surface area (Å²) in [5.74, 6) is 1.28. The van der Waals surface area contributed by atoms with E-state index in [9.17, 15) is 4.79 Å². The number of carbonyl (C=O) groups is 1. The highest BCUT2D eigenvalue weighted by Gasteiger charge is 2.21. The lowest BCUT2D eigenvalue weighted by atomic mass is 10.2. The molecule has 5 rings (SSSR count). The lowest BCUT2D eigenvalue weighted by Crippen LogP contribution is -2.33. The zero-order valence-corrected chi connectivity index (χ0v) is 16.3. The van der Waals surface area contributed by atoms with Gasteiger partial charge in [-0.1, -0.05) is 23.4 Å². The van der Waals surface area contributed by atoms with Gasteiger partial charge in [-0.15, -0.1) is 16.4 Å². The Labute approximate surface area is 171 Å². The maximum absolute atomic E-state index is 13.3. The number of amides is 1. The number of hydrogen-bond donors (Lipinski definition) is 0. The molecule has 0 saturated carbocycles. The minimum Gasteiger partial charge on any atom is -0.486 e. The molecule has 4 aromatic rings. The molecule has 0 N–H and O–H groups in total. The molecule has 0 atom stereocenters. The number of fused-ring (bicyclic) bond motifs is 2. The van der Waals surface area contributed by atoms with Gasteiger partial charge in [-0.05, 0) is 35.7 Å². The van der Waals surface area contributed by atoms with Crippen molar-refractivity contribution < 1.29 is 14.3 Å². The summed E-state index contributed by atoms with van der Waals surface area (Å²) in [6.45, 7) is 1.60. The molecular formula is C21H18N4O3S. The van der Waals surface area contributed by atoms with Crippen LogP contribution in [0.3, 0.4) is 0 Å². The van der Waals surface area contributed by atoms with Crippen LogP contribution in [0.4, 0.5) is 5.69 Å². The minimum absolute atomic E-state index is 0.0780. The largest absolute Gasteiger partial charge is 0.486 e. The van der Waals surface area contributed by atoms with Gasteiger partial charge < -0.3 is 14.4 Å². The van der Waals surface area contributed by atoms with Crippen LogP contribution in [0, 0.1) is 0 Å². The summed E-state index contributed by atoms with van der Waals surface area (Å²) < 4.78 is 13.0. The first kappa shape index (κ1) is 17.7. The lowest BCUT2D eigenvalue weighted by Gasteiger charge is -2.25. The predicted molar refractivity (Wildman–Crippen MR) is 110 cm³/mol. The molecule has 2 aromatic heterocycles. The molecule has 1 aliphatic rings. The quantitative estimate of drug-likeness (QED) is 0.507. The summed E-state index contributed by atoms with van der Waals surface area (Å²) >= 11 is 1.62. The highest BCUT2D eigenvalue weighted by molar-refractivity contribution is 7.09. The molecular weight excluding hydrogens is 388 g/mol. The average Bonchev–Trinajstić information content (AvgIpc) is 3.42. The van der Waals surface area contributed by atoms with Crippen molar-refractivity contribution >= 4 is 34.0 Å². The van der Waals surface area contributed by atoms with Crippen LogP contribution in [-0.2, 0) is 17.9 Å². The van der Waals surface area contributed by atoms with E-state index in [1.54, 1.807) is 20.9 Å². The number of nitrogens with zero attached hydrogens (tertiary/aromatic N) is 4. The van der Waals surface area contributed by atoms with E-state index in [-0.39, 0.29) is 12.5 Å². The molecule has 0 aliphatic carbocycles. The van der Waals surface area contributed by atoms with Gasteiger partial charge in [-0.3, -0.25) is 4.79 Å². The molecule has 146 valence electrons. The van der Waals surface area contributed by atoms with E-state index in [1.165, 1.54) is 0 Å². The van der Waals surface area contributed by atoms with Crippen LogP contribution in [0.25, 0.3) is 11.0 Å². The number of ether oxygens (including phenoxy) is 2. The highest BCUT2D eigenvalue weighted by Crippen LogP contribution is 2.35. The van der Waals surface area contributed by atoms with Gasteiger partial charge in [-0.2, -0.15) is 0 Å². The van der Waals surface area contributed by atoms with Crippen molar-refractivity contribution in [3.63, 3.8) is 0 Å². The van der Waals surface area contributed by atoms with Gasteiger partial charge in [0.25, 0.3) is 0 Å². The number of carbonyl (C=O) groups excluding carboxylic acids is 1. The van der Waals surface area contributed by atoms with Crippen molar-refractivity contribution in [1.29, 1.82) is 0 Å². The standard InChI is InChI=1S/C21H18N4O3S/c26-21(14-25-18-6-2-1-5-17(18)22-23-25)24(13-16-4-3-11-29-16)15-7-8-19-20(12-15)28-10-9-27-19/h1-8,11-12H,9-10,13-14H2. The maximum Gasteiger partial charge on any atom is 0.249 e. The average molecular weight is 406 g/mol. The fraction of sp³-hybridized carbons (Fsp3) is 0.190. The lowest BCUT2D eigenvalue weighted by molar-refractivity contribution is -0.119. The van der Waals surface area contributed by atoms with Gasteiger partial charge in [0.2, 0.25) is 5.91 Å². The first-order chi connectivity index (χ1) is 14.3. The molecule has 0 bridgehead atoms. The van der Waals surface area contributed by atoms with Crippen molar-refractivity contribution in [1.82, 2.24) is 15.0 Å². The second-order valence-corrected chi connectivity index (χ2v) is 7.66. The van der Waals surface area contributed by atoms with Gasteiger partial charge in [-0.25, -0.2) is 4.68 Å². The Kier molecular flexibility index (Phi) is 4.61. The Hall–Kier alpha value is -3.39. The summed E-state index contributed by atoms with van der Waals surface area (Å²) in [7, 11) is 0. The number of para-hydroxylation sites is 1. The number of anilines is 1. The summed E-state index contributed by atoms with van der Waals surface area (Å²) in [5, 5.41) is 10.3. The van der Waals surface area contributed by atoms with E-state index in [1.807, 2.05) is 60.0 Å². The Morgan fingerprint density at radius 1 is 1.07 bits per heavy atom. The number of rotatable bonds is 5. The third kappa shape index (κ3) is 3.54. The van der Waals surface area contributed by atoms with Crippen LogP contribution >= 0.6 is 11.3 Å². The molecule has 3 heterocycles. The van der Waals surface area contributed by atoms with Crippen molar-refractivity contribution in [3.8, 4) is 11.5 Å². The molecule has 1 aliphatic heterocycles. The third-order valence-electron chi connectivity index (χ3n) is 4.74. The zero-order chi connectivity index (χ0) is 19.6. The normalized spacial score (nSPS) is 12.8. The molecule has 7 nitrogen and oxygen atoms in total. The van der Waals surface area contributed by atoms with Crippen LogP contribution < -0.4 is 14.4 Å². The van der Waals surface area contributed by atoms with Crippen molar-refractivity contribution in [3.05, 3.63) is 64.9 Å². The van der Waals surface area contributed by atoms with E-state index in [4.69, 9.17) is 9.47 Å². The second-order valence-electron chi connectivity index (χ2n) is 6.62. The van der Waals surface area contributed by atoms with Crippen LogP contribution in [0.1, 0.15) is 4.88 Å². The van der Waals surface area contributed by atoms with Crippen LogP contribution in [0.2, 0.25) is 0 Å². The van der Waals surface area contributed by atoms with Crippen molar-refractivity contribution in [2.45, 2.75) is 13.1 Å². The molecule has 1 amide bonds. The van der Waals surface area contributed by atoms with Gasteiger partial charge in [0.05, 0.1) is 12.1 Å². The van der Waals surface area contributed by atoms with Gasteiger partial charge >= 0.3 is 0 Å². The van der Waals surface area contributed by atoms with Crippen molar-refractivity contribution in [2.75, 3.05) is 18.1 Å². The maximum atomic E-state index is 13.3. The molecule has 0 spiro atoms. The summed E-state index contributed by atoms with van der Waals surface area (Å²) in [5.41, 5.74) is 2.36. The Morgan fingerprint density at radius 3 is 2.79 bits per heavy atom. The van der Waals surface area contributed by atoms with E-state index in [2.05, 4.69) is 10.3 Å². The highest BCUT2D eigenvalue weighted by atomic mass is 32.1. The molecule has 29 heavy (non-hydrogen) atoms. The summed E-state index contributed by atoms with van der Waals surface area (Å²) in [6.07, 6.45) is 0. The second kappa shape index (κ2) is 7.56. The number of aromatic nitrogens is 3. The van der Waals surface area contributed by atoms with Gasteiger partial charge in [0.15, 0.2) is 11.5 Å². The molecule has 8 heteroatoms.